The number of phenols is 1. The summed E-state index contributed by atoms with van der Waals surface area (Å²) in [5, 5.41) is 12.8. The van der Waals surface area contributed by atoms with Crippen LogP contribution in [0.25, 0.3) is 0 Å². The highest BCUT2D eigenvalue weighted by molar-refractivity contribution is 14.1. The van der Waals surface area contributed by atoms with Gasteiger partial charge in [0.15, 0.2) is 0 Å². The van der Waals surface area contributed by atoms with Crippen LogP contribution in [0, 0.1) is 3.57 Å². The topological polar surface area (TPSA) is 41.5 Å². The number of rotatable bonds is 2. The predicted molar refractivity (Wildman–Crippen MR) is 79.1 cm³/mol. The molecule has 0 saturated heterocycles. The van der Waals surface area contributed by atoms with Gasteiger partial charge in [-0.05, 0) is 59.0 Å². The number of benzene rings is 2. The number of halogens is 1. The van der Waals surface area contributed by atoms with Crippen LogP contribution in [-0.4, -0.2) is 11.7 Å². The second kappa shape index (κ2) is 4.68. The molecule has 3 rings (SSSR count). The van der Waals surface area contributed by atoms with Crippen molar-refractivity contribution in [2.45, 2.75) is 6.04 Å². The van der Waals surface area contributed by atoms with Crippen LogP contribution >= 0.6 is 22.6 Å². The third kappa shape index (κ3) is 2.25. The first-order valence-electron chi connectivity index (χ1n) is 5.70. The van der Waals surface area contributed by atoms with Crippen molar-refractivity contribution in [3.63, 3.8) is 0 Å². The number of ether oxygens (including phenoxy) is 1. The van der Waals surface area contributed by atoms with E-state index in [0.29, 0.717) is 6.61 Å². The quantitative estimate of drug-likeness (QED) is 0.812. The molecule has 0 radical (unpaired) electrons. The SMILES string of the molecule is Oc1ccc2c(c1)OCC2Nc1ccc(I)cc1. The minimum Gasteiger partial charge on any atom is -0.508 e. The summed E-state index contributed by atoms with van der Waals surface area (Å²) in [6.07, 6.45) is 0. The lowest BCUT2D eigenvalue weighted by atomic mass is 10.1. The maximum Gasteiger partial charge on any atom is 0.128 e. The van der Waals surface area contributed by atoms with Gasteiger partial charge in [0.25, 0.3) is 0 Å². The zero-order chi connectivity index (χ0) is 12.5. The van der Waals surface area contributed by atoms with Crippen LogP contribution in [-0.2, 0) is 0 Å². The van der Waals surface area contributed by atoms with Gasteiger partial charge < -0.3 is 15.2 Å². The molecule has 2 N–H and O–H groups in total. The van der Waals surface area contributed by atoms with Crippen LogP contribution in [0.3, 0.4) is 0 Å². The van der Waals surface area contributed by atoms with Crippen molar-refractivity contribution in [3.05, 3.63) is 51.6 Å². The number of anilines is 1. The second-order valence-electron chi connectivity index (χ2n) is 4.24. The van der Waals surface area contributed by atoms with E-state index in [2.05, 4.69) is 52.2 Å². The summed E-state index contributed by atoms with van der Waals surface area (Å²) in [4.78, 5) is 0. The van der Waals surface area contributed by atoms with Crippen LogP contribution < -0.4 is 10.1 Å². The Morgan fingerprint density at radius 3 is 2.72 bits per heavy atom. The van der Waals surface area contributed by atoms with Gasteiger partial charge in [-0.2, -0.15) is 0 Å². The molecular formula is C14H12INO2. The second-order valence-corrected chi connectivity index (χ2v) is 5.48. The Hall–Kier alpha value is -1.43. The van der Waals surface area contributed by atoms with Crippen LogP contribution in [0.15, 0.2) is 42.5 Å². The minimum atomic E-state index is 0.140. The van der Waals surface area contributed by atoms with Gasteiger partial charge in [-0.3, -0.25) is 0 Å². The van der Waals surface area contributed by atoms with Crippen molar-refractivity contribution in [1.29, 1.82) is 0 Å². The molecule has 0 aromatic heterocycles. The van der Waals surface area contributed by atoms with Gasteiger partial charge in [0.1, 0.15) is 18.1 Å². The smallest absolute Gasteiger partial charge is 0.128 e. The lowest BCUT2D eigenvalue weighted by Crippen LogP contribution is -2.11. The summed E-state index contributed by atoms with van der Waals surface area (Å²) in [7, 11) is 0. The van der Waals surface area contributed by atoms with Crippen molar-refractivity contribution in [2.24, 2.45) is 0 Å². The Kier molecular flexibility index (Phi) is 3.03. The van der Waals surface area contributed by atoms with Crippen LogP contribution in [0.2, 0.25) is 0 Å². The monoisotopic (exact) mass is 353 g/mol. The summed E-state index contributed by atoms with van der Waals surface area (Å²) >= 11 is 2.28. The standard InChI is InChI=1S/C14H12INO2/c15-9-1-3-10(4-2-9)16-13-8-18-14-7-11(17)5-6-12(13)14/h1-7,13,16-17H,8H2. The van der Waals surface area contributed by atoms with Crippen LogP contribution in [0.1, 0.15) is 11.6 Å². The molecule has 2 aromatic carbocycles. The molecule has 0 saturated carbocycles. The lowest BCUT2D eigenvalue weighted by Gasteiger charge is -2.13. The molecular weight excluding hydrogens is 341 g/mol. The normalized spacial score (nSPS) is 17.1. The Bertz CT molecular complexity index is 569. The molecule has 1 unspecified atom stereocenters. The third-order valence-corrected chi connectivity index (χ3v) is 3.68. The van der Waals surface area contributed by atoms with E-state index in [1.54, 1.807) is 12.1 Å². The van der Waals surface area contributed by atoms with Crippen LogP contribution in [0.5, 0.6) is 11.5 Å². The number of hydrogen-bond donors (Lipinski definition) is 2. The average molecular weight is 353 g/mol. The van der Waals surface area contributed by atoms with E-state index >= 15 is 0 Å². The fraction of sp³-hybridized carbons (Fsp3) is 0.143. The predicted octanol–water partition coefficient (Wildman–Crippen LogP) is 3.54. The largest absolute Gasteiger partial charge is 0.508 e. The molecule has 1 atom stereocenters. The highest BCUT2D eigenvalue weighted by Crippen LogP contribution is 2.36. The number of aromatic hydroxyl groups is 1. The molecule has 1 aliphatic heterocycles. The molecule has 1 heterocycles. The fourth-order valence-electron chi connectivity index (χ4n) is 2.07. The van der Waals surface area contributed by atoms with Gasteiger partial charge in [0, 0.05) is 20.9 Å². The zero-order valence-electron chi connectivity index (χ0n) is 9.56. The summed E-state index contributed by atoms with van der Waals surface area (Å²) in [6, 6.07) is 13.6. The number of phenolic OH excluding ortho intramolecular Hbond substituents is 1. The van der Waals surface area contributed by atoms with Crippen molar-refractivity contribution >= 4 is 28.3 Å². The van der Waals surface area contributed by atoms with Crippen LogP contribution in [0.4, 0.5) is 5.69 Å². The van der Waals surface area contributed by atoms with Gasteiger partial charge in [-0.15, -0.1) is 0 Å². The number of fused-ring (bicyclic) bond motifs is 1. The molecule has 0 fully saturated rings. The molecule has 18 heavy (non-hydrogen) atoms. The Morgan fingerprint density at radius 2 is 1.94 bits per heavy atom. The van der Waals surface area contributed by atoms with Gasteiger partial charge >= 0.3 is 0 Å². The summed E-state index contributed by atoms with van der Waals surface area (Å²) < 4.78 is 6.78. The Balaban J connectivity index is 1.82. The molecule has 0 aliphatic carbocycles. The van der Waals surface area contributed by atoms with E-state index in [-0.39, 0.29) is 11.8 Å². The molecule has 0 spiro atoms. The third-order valence-electron chi connectivity index (χ3n) is 2.96. The molecule has 0 bridgehead atoms. The lowest BCUT2D eigenvalue weighted by molar-refractivity contribution is 0.338. The van der Waals surface area contributed by atoms with Gasteiger partial charge in [-0.25, -0.2) is 0 Å². The Morgan fingerprint density at radius 1 is 1.17 bits per heavy atom. The van der Waals surface area contributed by atoms with E-state index in [9.17, 15) is 5.11 Å². The molecule has 92 valence electrons. The van der Waals surface area contributed by atoms with Crippen molar-refractivity contribution in [1.82, 2.24) is 0 Å². The first-order valence-corrected chi connectivity index (χ1v) is 6.78. The summed E-state index contributed by atoms with van der Waals surface area (Å²) in [6.45, 7) is 0.588. The van der Waals surface area contributed by atoms with Crippen molar-refractivity contribution in [2.75, 3.05) is 11.9 Å². The molecule has 2 aromatic rings. The summed E-state index contributed by atoms with van der Waals surface area (Å²) in [5.41, 5.74) is 2.16. The molecule has 3 nitrogen and oxygen atoms in total. The molecule has 4 heteroatoms. The minimum absolute atomic E-state index is 0.140. The molecule has 0 amide bonds. The van der Waals surface area contributed by atoms with E-state index in [4.69, 9.17) is 4.74 Å². The van der Waals surface area contributed by atoms with Crippen molar-refractivity contribution < 1.29 is 9.84 Å². The maximum atomic E-state index is 9.40. The zero-order valence-corrected chi connectivity index (χ0v) is 11.7. The maximum absolute atomic E-state index is 9.40. The van der Waals surface area contributed by atoms with E-state index in [1.165, 1.54) is 3.57 Å². The van der Waals surface area contributed by atoms with Crippen molar-refractivity contribution in [3.8, 4) is 11.5 Å². The highest BCUT2D eigenvalue weighted by Gasteiger charge is 2.24. The first kappa shape index (κ1) is 11.6. The van der Waals surface area contributed by atoms with E-state index in [1.807, 2.05) is 6.07 Å². The summed E-state index contributed by atoms with van der Waals surface area (Å²) in [5.74, 6) is 1.00. The Labute approximate surface area is 119 Å². The number of hydrogen-bond acceptors (Lipinski definition) is 3. The highest BCUT2D eigenvalue weighted by atomic mass is 127. The van der Waals surface area contributed by atoms with Gasteiger partial charge in [0.05, 0.1) is 6.04 Å². The van der Waals surface area contributed by atoms with E-state index in [0.717, 1.165) is 17.0 Å². The first-order chi connectivity index (χ1) is 8.72. The molecule has 1 aliphatic rings. The number of nitrogens with one attached hydrogen (secondary N) is 1. The van der Waals surface area contributed by atoms with E-state index < -0.39 is 0 Å². The van der Waals surface area contributed by atoms with Gasteiger partial charge in [0.2, 0.25) is 0 Å². The average Bonchev–Trinajstić information content (AvgIpc) is 2.74. The fourth-order valence-corrected chi connectivity index (χ4v) is 2.43. The van der Waals surface area contributed by atoms with Gasteiger partial charge in [-0.1, -0.05) is 0 Å².